The molecule has 2 aliphatic rings. The fourth-order valence-electron chi connectivity index (χ4n) is 3.75. The monoisotopic (exact) mass is 333 g/mol. The molecule has 1 aromatic heterocycles. The first kappa shape index (κ1) is 17.0. The number of carbonyl (C=O) groups is 2. The van der Waals surface area contributed by atoms with Crippen LogP contribution in [0.5, 0.6) is 0 Å². The Morgan fingerprint density at radius 1 is 1.42 bits per heavy atom. The van der Waals surface area contributed by atoms with Gasteiger partial charge in [-0.15, -0.1) is 0 Å². The van der Waals surface area contributed by atoms with E-state index in [0.717, 1.165) is 25.1 Å². The van der Waals surface area contributed by atoms with Gasteiger partial charge in [0.2, 0.25) is 11.8 Å². The van der Waals surface area contributed by atoms with Crippen LogP contribution in [-0.4, -0.2) is 62.6 Å². The van der Waals surface area contributed by atoms with E-state index in [4.69, 9.17) is 0 Å². The number of piperazine rings is 1. The normalized spacial score (nSPS) is 27.6. The van der Waals surface area contributed by atoms with Crippen molar-refractivity contribution in [3.63, 3.8) is 0 Å². The molecule has 3 rings (SSSR count). The van der Waals surface area contributed by atoms with Gasteiger partial charge in [0.25, 0.3) is 0 Å². The fraction of sp³-hybridized carbons (Fsp3) is 0.706. The average Bonchev–Trinajstić information content (AvgIpc) is 3.11. The number of amides is 2. The maximum absolute atomic E-state index is 12.7. The van der Waals surface area contributed by atoms with Gasteiger partial charge >= 0.3 is 0 Å². The van der Waals surface area contributed by atoms with Crippen molar-refractivity contribution in [3.05, 3.63) is 18.0 Å². The molecule has 0 spiro atoms. The zero-order chi connectivity index (χ0) is 17.4. The minimum absolute atomic E-state index is 0.0294. The lowest BCUT2D eigenvalue weighted by molar-refractivity contribution is -0.143. The van der Waals surface area contributed by atoms with E-state index in [2.05, 4.69) is 35.4 Å². The van der Waals surface area contributed by atoms with Crippen LogP contribution in [0.15, 0.2) is 12.4 Å². The van der Waals surface area contributed by atoms with Crippen LogP contribution in [0.1, 0.15) is 45.7 Å². The summed E-state index contributed by atoms with van der Waals surface area (Å²) in [5.74, 6) is 0.133. The lowest BCUT2D eigenvalue weighted by Crippen LogP contribution is -2.58. The maximum atomic E-state index is 12.7. The molecule has 0 unspecified atom stereocenters. The van der Waals surface area contributed by atoms with Crippen LogP contribution < -0.4 is 5.32 Å². The molecule has 3 heterocycles. The topological polar surface area (TPSA) is 70.5 Å². The molecule has 2 saturated heterocycles. The summed E-state index contributed by atoms with van der Waals surface area (Å²) in [5.41, 5.74) is 1.13. The first-order valence-corrected chi connectivity index (χ1v) is 8.69. The van der Waals surface area contributed by atoms with Crippen LogP contribution in [0.25, 0.3) is 0 Å². The number of fused-ring (bicyclic) bond motifs is 1. The predicted octanol–water partition coefficient (Wildman–Crippen LogP) is 0.774. The number of aromatic nitrogens is 2. The van der Waals surface area contributed by atoms with Crippen molar-refractivity contribution in [1.29, 1.82) is 0 Å². The van der Waals surface area contributed by atoms with E-state index in [1.165, 1.54) is 6.92 Å². The third kappa shape index (κ3) is 3.31. The Labute approximate surface area is 143 Å². The van der Waals surface area contributed by atoms with Crippen molar-refractivity contribution in [1.82, 2.24) is 24.9 Å². The molecule has 7 nitrogen and oxygen atoms in total. The second kappa shape index (κ2) is 6.55. The number of carbonyl (C=O) groups excluding carboxylic acids is 2. The highest BCUT2D eigenvalue weighted by Crippen LogP contribution is 2.27. The van der Waals surface area contributed by atoms with Crippen LogP contribution in [0.4, 0.5) is 0 Å². The molecule has 2 aliphatic heterocycles. The number of hydrogen-bond donors (Lipinski definition) is 1. The number of nitrogens with zero attached hydrogens (tertiary/aromatic N) is 4. The van der Waals surface area contributed by atoms with Gasteiger partial charge < -0.3 is 10.2 Å². The number of rotatable bonds is 4. The molecule has 3 atom stereocenters. The van der Waals surface area contributed by atoms with Gasteiger partial charge in [0.1, 0.15) is 0 Å². The van der Waals surface area contributed by atoms with Crippen molar-refractivity contribution in [2.45, 2.75) is 64.8 Å². The highest BCUT2D eigenvalue weighted by molar-refractivity contribution is 5.83. The predicted molar refractivity (Wildman–Crippen MR) is 90.2 cm³/mol. The molecule has 0 aliphatic carbocycles. The lowest BCUT2D eigenvalue weighted by Gasteiger charge is -2.41. The largest absolute Gasteiger partial charge is 0.352 e. The molecule has 0 aromatic carbocycles. The molecule has 7 heteroatoms. The minimum Gasteiger partial charge on any atom is -0.352 e. The highest BCUT2D eigenvalue weighted by atomic mass is 16.2. The van der Waals surface area contributed by atoms with Gasteiger partial charge in [0.15, 0.2) is 0 Å². The third-order valence-corrected chi connectivity index (χ3v) is 5.03. The molecule has 1 aromatic rings. The molecular weight excluding hydrogens is 306 g/mol. The average molecular weight is 333 g/mol. The Hall–Kier alpha value is -1.89. The Balaban J connectivity index is 1.67. The van der Waals surface area contributed by atoms with E-state index in [-0.39, 0.29) is 29.9 Å². The molecule has 0 bridgehead atoms. The van der Waals surface area contributed by atoms with Gasteiger partial charge in [-0.2, -0.15) is 5.10 Å². The van der Waals surface area contributed by atoms with Crippen molar-refractivity contribution in [3.8, 4) is 0 Å². The zero-order valence-corrected chi connectivity index (χ0v) is 14.9. The molecule has 132 valence electrons. The second-order valence-corrected chi connectivity index (χ2v) is 7.31. The van der Waals surface area contributed by atoms with E-state index in [1.807, 2.05) is 22.7 Å². The summed E-state index contributed by atoms with van der Waals surface area (Å²) in [7, 11) is 0. The first-order chi connectivity index (χ1) is 11.3. The summed E-state index contributed by atoms with van der Waals surface area (Å²) in [6, 6.07) is 0.459. The SMILES string of the molecule is CC(=O)N[C@H]1C[C@H]2CN(Cc3cnn(C(C)C)c3)[C@@H](C)C(=O)N2C1. The van der Waals surface area contributed by atoms with E-state index in [1.54, 1.807) is 0 Å². The summed E-state index contributed by atoms with van der Waals surface area (Å²) >= 11 is 0. The van der Waals surface area contributed by atoms with Crippen LogP contribution in [0.2, 0.25) is 0 Å². The summed E-state index contributed by atoms with van der Waals surface area (Å²) in [5, 5.41) is 7.33. The standard InChI is InChI=1S/C17H27N5O2/c1-11(2)22-8-14(6-18-22)7-20-10-16-5-15(19-13(4)23)9-21(16)17(24)12(20)3/h6,8,11-12,15-16H,5,7,9-10H2,1-4H3,(H,19,23)/t12-,15-,16-/m0/s1. The molecule has 0 radical (unpaired) electrons. The molecule has 2 amide bonds. The van der Waals surface area contributed by atoms with Crippen LogP contribution in [0, 0.1) is 0 Å². The summed E-state index contributed by atoms with van der Waals surface area (Å²) < 4.78 is 1.94. The van der Waals surface area contributed by atoms with Crippen molar-refractivity contribution in [2.75, 3.05) is 13.1 Å². The van der Waals surface area contributed by atoms with Gasteiger partial charge in [0.05, 0.1) is 12.2 Å². The van der Waals surface area contributed by atoms with Crippen LogP contribution in [-0.2, 0) is 16.1 Å². The summed E-state index contributed by atoms with van der Waals surface area (Å²) in [6.07, 6.45) is 4.78. The number of nitrogens with one attached hydrogen (secondary N) is 1. The summed E-state index contributed by atoms with van der Waals surface area (Å²) in [6.45, 7) is 9.90. The second-order valence-electron chi connectivity index (χ2n) is 7.31. The lowest BCUT2D eigenvalue weighted by atomic mass is 10.1. The number of hydrogen-bond acceptors (Lipinski definition) is 4. The fourth-order valence-corrected chi connectivity index (χ4v) is 3.75. The van der Waals surface area contributed by atoms with Crippen molar-refractivity contribution < 1.29 is 9.59 Å². The van der Waals surface area contributed by atoms with E-state index >= 15 is 0 Å². The quantitative estimate of drug-likeness (QED) is 0.884. The highest BCUT2D eigenvalue weighted by Gasteiger charge is 2.43. The van der Waals surface area contributed by atoms with E-state index in [9.17, 15) is 9.59 Å². The van der Waals surface area contributed by atoms with Crippen molar-refractivity contribution in [2.24, 2.45) is 0 Å². The Morgan fingerprint density at radius 2 is 2.17 bits per heavy atom. The minimum atomic E-state index is -0.139. The molecule has 1 N–H and O–H groups in total. The summed E-state index contributed by atoms with van der Waals surface area (Å²) in [4.78, 5) is 28.1. The van der Waals surface area contributed by atoms with E-state index < -0.39 is 0 Å². The molecule has 24 heavy (non-hydrogen) atoms. The zero-order valence-electron chi connectivity index (χ0n) is 14.9. The molecular formula is C17H27N5O2. The van der Waals surface area contributed by atoms with Crippen LogP contribution >= 0.6 is 0 Å². The Bertz CT molecular complexity index is 626. The van der Waals surface area contributed by atoms with Gasteiger partial charge in [-0.1, -0.05) is 0 Å². The Morgan fingerprint density at radius 3 is 2.79 bits per heavy atom. The van der Waals surface area contributed by atoms with Crippen LogP contribution in [0.3, 0.4) is 0 Å². The smallest absolute Gasteiger partial charge is 0.240 e. The van der Waals surface area contributed by atoms with Gasteiger partial charge in [0, 0.05) is 56.4 Å². The first-order valence-electron chi connectivity index (χ1n) is 8.69. The molecule has 0 saturated carbocycles. The third-order valence-electron chi connectivity index (χ3n) is 5.03. The van der Waals surface area contributed by atoms with Gasteiger partial charge in [-0.3, -0.25) is 19.2 Å². The van der Waals surface area contributed by atoms with E-state index in [0.29, 0.717) is 12.6 Å². The Kier molecular flexibility index (Phi) is 4.62. The van der Waals surface area contributed by atoms with Gasteiger partial charge in [-0.25, -0.2) is 0 Å². The van der Waals surface area contributed by atoms with Crippen molar-refractivity contribution >= 4 is 11.8 Å². The van der Waals surface area contributed by atoms with Gasteiger partial charge in [-0.05, 0) is 27.2 Å². The maximum Gasteiger partial charge on any atom is 0.240 e. The molecule has 2 fully saturated rings.